The molecule has 0 saturated carbocycles. The molecule has 0 fully saturated rings. The van der Waals surface area contributed by atoms with E-state index in [1.54, 1.807) is 19.2 Å². The Morgan fingerprint density at radius 2 is 2.19 bits per heavy atom. The molecule has 0 saturated heterocycles. The zero-order chi connectivity index (χ0) is 15.0. The smallest absolute Gasteiger partial charge is 0.368 e. The standard InChI is InChI=1S/C12H10N6O3/c1-18-5-14-16-12(18)17-15-9-10(19)8-6(13)3-2-4-7(8)21-11(9)20/h2-5,19H,13H2,1H3. The van der Waals surface area contributed by atoms with Crippen molar-refractivity contribution in [2.24, 2.45) is 17.3 Å². The molecule has 21 heavy (non-hydrogen) atoms. The van der Waals surface area contributed by atoms with Gasteiger partial charge in [0.1, 0.15) is 11.9 Å². The Balaban J connectivity index is 2.19. The number of aryl methyl sites for hydroxylation is 1. The van der Waals surface area contributed by atoms with E-state index in [1.165, 1.54) is 17.0 Å². The number of nitrogen functional groups attached to an aromatic ring is 1. The van der Waals surface area contributed by atoms with Crippen LogP contribution in [0.15, 0.2) is 44.0 Å². The zero-order valence-corrected chi connectivity index (χ0v) is 10.9. The zero-order valence-electron chi connectivity index (χ0n) is 10.9. The van der Waals surface area contributed by atoms with E-state index >= 15 is 0 Å². The van der Waals surface area contributed by atoms with E-state index in [2.05, 4.69) is 20.4 Å². The molecule has 0 atom stereocenters. The third-order valence-corrected chi connectivity index (χ3v) is 2.84. The Bertz CT molecular complexity index is 911. The van der Waals surface area contributed by atoms with Gasteiger partial charge in [-0.1, -0.05) is 6.07 Å². The molecule has 9 nitrogen and oxygen atoms in total. The summed E-state index contributed by atoms with van der Waals surface area (Å²) in [5.41, 5.74) is 5.05. The average Bonchev–Trinajstić information content (AvgIpc) is 2.84. The Morgan fingerprint density at radius 1 is 1.38 bits per heavy atom. The summed E-state index contributed by atoms with van der Waals surface area (Å²) < 4.78 is 6.56. The van der Waals surface area contributed by atoms with Crippen LogP contribution in [0.2, 0.25) is 0 Å². The van der Waals surface area contributed by atoms with Gasteiger partial charge in [-0.3, -0.25) is 0 Å². The van der Waals surface area contributed by atoms with E-state index in [0.717, 1.165) is 0 Å². The van der Waals surface area contributed by atoms with Crippen molar-refractivity contribution >= 4 is 28.3 Å². The number of aromatic nitrogens is 3. The first kappa shape index (κ1) is 12.8. The fourth-order valence-electron chi connectivity index (χ4n) is 1.80. The predicted molar refractivity (Wildman–Crippen MR) is 73.7 cm³/mol. The highest BCUT2D eigenvalue weighted by atomic mass is 16.4. The predicted octanol–water partition coefficient (Wildman–Crippen LogP) is 1.62. The normalized spacial score (nSPS) is 11.5. The van der Waals surface area contributed by atoms with Crippen LogP contribution in [-0.4, -0.2) is 19.9 Å². The van der Waals surface area contributed by atoms with Crippen LogP contribution >= 0.6 is 0 Å². The molecule has 2 aromatic heterocycles. The van der Waals surface area contributed by atoms with Gasteiger partial charge in [-0.05, 0) is 12.1 Å². The second-order valence-corrected chi connectivity index (χ2v) is 4.25. The molecule has 0 bridgehead atoms. The summed E-state index contributed by atoms with van der Waals surface area (Å²) in [5, 5.41) is 25.1. The van der Waals surface area contributed by atoms with Gasteiger partial charge in [-0.15, -0.1) is 20.4 Å². The van der Waals surface area contributed by atoms with Gasteiger partial charge >= 0.3 is 5.63 Å². The van der Waals surface area contributed by atoms with E-state index in [0.29, 0.717) is 0 Å². The molecule has 3 N–H and O–H groups in total. The maximum Gasteiger partial charge on any atom is 0.368 e. The molecule has 106 valence electrons. The Kier molecular flexibility index (Phi) is 2.87. The van der Waals surface area contributed by atoms with Crippen LogP contribution in [0.3, 0.4) is 0 Å². The first-order valence-corrected chi connectivity index (χ1v) is 5.88. The van der Waals surface area contributed by atoms with Crippen LogP contribution in [-0.2, 0) is 7.05 Å². The molecule has 0 amide bonds. The summed E-state index contributed by atoms with van der Waals surface area (Å²) in [5.74, 6) is -0.208. The third-order valence-electron chi connectivity index (χ3n) is 2.84. The molecule has 0 aliphatic carbocycles. The molecule has 9 heteroatoms. The number of rotatable bonds is 2. The minimum absolute atomic E-state index is 0.176. The van der Waals surface area contributed by atoms with Gasteiger partial charge in [0.05, 0.1) is 5.39 Å². The van der Waals surface area contributed by atoms with Gasteiger partial charge in [0.25, 0.3) is 5.95 Å². The molecule has 1 aromatic carbocycles. The first-order chi connectivity index (χ1) is 10.1. The number of hydrogen-bond acceptors (Lipinski definition) is 8. The third kappa shape index (κ3) is 2.10. The minimum Gasteiger partial charge on any atom is -0.505 e. The number of nitrogens with two attached hydrogens (primary N) is 1. The number of azo groups is 1. The maximum absolute atomic E-state index is 11.8. The fraction of sp³-hybridized carbons (Fsp3) is 0.0833. The van der Waals surface area contributed by atoms with Crippen molar-refractivity contribution in [2.75, 3.05) is 5.73 Å². The number of fused-ring (bicyclic) bond motifs is 1. The summed E-state index contributed by atoms with van der Waals surface area (Å²) in [6.45, 7) is 0. The van der Waals surface area contributed by atoms with Crippen LogP contribution in [0.5, 0.6) is 5.75 Å². The Morgan fingerprint density at radius 3 is 2.90 bits per heavy atom. The van der Waals surface area contributed by atoms with Crippen LogP contribution in [0.1, 0.15) is 0 Å². The molecule has 3 rings (SSSR count). The first-order valence-electron chi connectivity index (χ1n) is 5.88. The van der Waals surface area contributed by atoms with Crippen molar-refractivity contribution < 1.29 is 9.52 Å². The van der Waals surface area contributed by atoms with E-state index in [9.17, 15) is 9.90 Å². The van der Waals surface area contributed by atoms with Crippen LogP contribution in [0.4, 0.5) is 17.3 Å². The molecule has 0 radical (unpaired) electrons. The number of anilines is 1. The molecular weight excluding hydrogens is 276 g/mol. The van der Waals surface area contributed by atoms with Gasteiger partial charge in [0, 0.05) is 12.7 Å². The average molecular weight is 286 g/mol. The quantitative estimate of drug-likeness (QED) is 0.418. The summed E-state index contributed by atoms with van der Waals surface area (Å²) in [7, 11) is 1.66. The summed E-state index contributed by atoms with van der Waals surface area (Å²) in [6, 6.07) is 4.71. The van der Waals surface area contributed by atoms with Gasteiger partial charge in [0.15, 0.2) is 5.75 Å². The molecular formula is C12H10N6O3. The molecule has 0 aliphatic rings. The lowest BCUT2D eigenvalue weighted by atomic mass is 10.2. The van der Waals surface area contributed by atoms with Crippen molar-refractivity contribution in [3.8, 4) is 5.75 Å². The second-order valence-electron chi connectivity index (χ2n) is 4.25. The SMILES string of the molecule is Cn1cnnc1N=Nc1c(O)c2c(N)cccc2oc1=O. The number of aromatic hydroxyl groups is 1. The number of benzene rings is 1. The van der Waals surface area contributed by atoms with E-state index in [1.807, 2.05) is 0 Å². The van der Waals surface area contributed by atoms with Crippen LogP contribution < -0.4 is 11.4 Å². The maximum atomic E-state index is 11.8. The fourth-order valence-corrected chi connectivity index (χ4v) is 1.80. The molecule has 3 aromatic rings. The summed E-state index contributed by atoms with van der Waals surface area (Å²) >= 11 is 0. The van der Waals surface area contributed by atoms with E-state index in [4.69, 9.17) is 10.2 Å². The highest BCUT2D eigenvalue weighted by Gasteiger charge is 2.16. The van der Waals surface area contributed by atoms with Crippen molar-refractivity contribution in [1.82, 2.24) is 14.8 Å². The highest BCUT2D eigenvalue weighted by Crippen LogP contribution is 2.35. The number of nitrogens with zero attached hydrogens (tertiary/aromatic N) is 5. The van der Waals surface area contributed by atoms with Crippen molar-refractivity contribution in [3.05, 3.63) is 34.9 Å². The summed E-state index contributed by atoms with van der Waals surface area (Å²) in [4.78, 5) is 11.8. The second kappa shape index (κ2) is 4.71. The monoisotopic (exact) mass is 286 g/mol. The Hall–Kier alpha value is -3.23. The van der Waals surface area contributed by atoms with Gasteiger partial charge in [-0.2, -0.15) is 0 Å². The molecule has 2 heterocycles. The number of hydrogen-bond donors (Lipinski definition) is 2. The van der Waals surface area contributed by atoms with Gasteiger partial charge in [-0.25, -0.2) is 4.79 Å². The Labute approximate surface area is 117 Å². The van der Waals surface area contributed by atoms with Crippen molar-refractivity contribution in [1.29, 1.82) is 0 Å². The van der Waals surface area contributed by atoms with Crippen LogP contribution in [0, 0.1) is 0 Å². The largest absolute Gasteiger partial charge is 0.505 e. The highest BCUT2D eigenvalue weighted by molar-refractivity contribution is 5.96. The van der Waals surface area contributed by atoms with Gasteiger partial charge in [0.2, 0.25) is 5.69 Å². The summed E-state index contributed by atoms with van der Waals surface area (Å²) in [6.07, 6.45) is 1.43. The molecule has 0 spiro atoms. The van der Waals surface area contributed by atoms with Gasteiger partial charge < -0.3 is 19.8 Å². The molecule has 0 aliphatic heterocycles. The van der Waals surface area contributed by atoms with Crippen molar-refractivity contribution in [2.45, 2.75) is 0 Å². The van der Waals surface area contributed by atoms with Crippen molar-refractivity contribution in [3.63, 3.8) is 0 Å². The van der Waals surface area contributed by atoms with E-state index in [-0.39, 0.29) is 34.0 Å². The topological polar surface area (TPSA) is 132 Å². The van der Waals surface area contributed by atoms with Crippen LogP contribution in [0.25, 0.3) is 11.0 Å². The lowest BCUT2D eigenvalue weighted by molar-refractivity contribution is 0.470. The lowest BCUT2D eigenvalue weighted by Crippen LogP contribution is -2.00. The van der Waals surface area contributed by atoms with E-state index < -0.39 is 5.63 Å². The molecule has 0 unspecified atom stereocenters. The minimum atomic E-state index is -0.823. The lowest BCUT2D eigenvalue weighted by Gasteiger charge is -2.04.